The van der Waals surface area contributed by atoms with E-state index in [4.69, 9.17) is 9.47 Å². The fourth-order valence-electron chi connectivity index (χ4n) is 4.14. The van der Waals surface area contributed by atoms with Crippen LogP contribution in [0.15, 0.2) is 11.6 Å². The van der Waals surface area contributed by atoms with Gasteiger partial charge in [0, 0.05) is 31.2 Å². The molecular weight excluding hydrogens is 310 g/mol. The highest BCUT2D eigenvalue weighted by Gasteiger charge is 2.43. The Morgan fingerprint density at radius 1 is 1.26 bits per heavy atom. The molecule has 0 amide bonds. The van der Waals surface area contributed by atoms with Crippen LogP contribution in [0.1, 0.15) is 30.7 Å². The molecule has 3 saturated heterocycles. The van der Waals surface area contributed by atoms with Crippen molar-refractivity contribution in [2.24, 2.45) is 0 Å². The van der Waals surface area contributed by atoms with E-state index in [9.17, 15) is 0 Å². The predicted octanol–water partition coefficient (Wildman–Crippen LogP) is 1.99. The maximum atomic E-state index is 6.56. The van der Waals surface area contributed by atoms with Crippen molar-refractivity contribution in [2.45, 2.75) is 43.9 Å². The molecule has 23 heavy (non-hydrogen) atoms. The molecule has 3 aliphatic heterocycles. The number of aromatic nitrogens is 1. The highest BCUT2D eigenvalue weighted by molar-refractivity contribution is 7.09. The summed E-state index contributed by atoms with van der Waals surface area (Å²) in [6.07, 6.45) is 7.27. The summed E-state index contributed by atoms with van der Waals surface area (Å²) >= 11 is 1.74. The third-order valence-electron chi connectivity index (χ3n) is 5.27. The van der Waals surface area contributed by atoms with E-state index in [0.717, 1.165) is 45.8 Å². The molecule has 6 heteroatoms. The molecular formula is C17H27N3O2S. The minimum Gasteiger partial charge on any atom is -0.377 e. The summed E-state index contributed by atoms with van der Waals surface area (Å²) in [4.78, 5) is 9.45. The van der Waals surface area contributed by atoms with Crippen molar-refractivity contribution in [1.29, 1.82) is 0 Å². The summed E-state index contributed by atoms with van der Waals surface area (Å²) in [5.74, 6) is 0. The minimum absolute atomic E-state index is 0.0991. The third-order valence-corrected chi connectivity index (χ3v) is 6.03. The average molecular weight is 337 g/mol. The summed E-state index contributed by atoms with van der Waals surface area (Å²) < 4.78 is 12.5. The molecule has 3 aliphatic rings. The second-order valence-electron chi connectivity index (χ2n) is 7.16. The zero-order valence-corrected chi connectivity index (χ0v) is 14.6. The van der Waals surface area contributed by atoms with Crippen molar-refractivity contribution in [1.82, 2.24) is 14.8 Å². The highest BCUT2D eigenvalue weighted by atomic mass is 32.1. The van der Waals surface area contributed by atoms with Gasteiger partial charge in [-0.2, -0.15) is 0 Å². The van der Waals surface area contributed by atoms with Crippen LogP contribution in [0.5, 0.6) is 0 Å². The van der Waals surface area contributed by atoms with Gasteiger partial charge in [0.05, 0.1) is 25.9 Å². The molecule has 128 valence electrons. The lowest BCUT2D eigenvalue weighted by Crippen LogP contribution is -2.45. The number of hydrogen-bond donors (Lipinski definition) is 0. The first-order valence-electron chi connectivity index (χ1n) is 8.90. The van der Waals surface area contributed by atoms with Gasteiger partial charge in [-0.1, -0.05) is 0 Å². The maximum Gasteiger partial charge on any atom is 0.107 e. The maximum absolute atomic E-state index is 6.56. The summed E-state index contributed by atoms with van der Waals surface area (Å²) in [6.45, 7) is 8.02. The molecule has 0 aromatic carbocycles. The van der Waals surface area contributed by atoms with Crippen LogP contribution >= 0.6 is 11.3 Å². The van der Waals surface area contributed by atoms with Gasteiger partial charge in [0.25, 0.3) is 0 Å². The number of likely N-dealkylation sites (tertiary alicyclic amines) is 1. The average Bonchev–Trinajstić information content (AvgIpc) is 3.25. The fourth-order valence-corrected chi connectivity index (χ4v) is 4.80. The van der Waals surface area contributed by atoms with Crippen LogP contribution in [0.3, 0.4) is 0 Å². The van der Waals surface area contributed by atoms with Gasteiger partial charge in [0.1, 0.15) is 10.6 Å². The van der Waals surface area contributed by atoms with Crippen molar-refractivity contribution < 1.29 is 9.47 Å². The first-order valence-corrected chi connectivity index (χ1v) is 9.78. The Balaban J connectivity index is 1.36. The number of hydrogen-bond acceptors (Lipinski definition) is 6. The van der Waals surface area contributed by atoms with Gasteiger partial charge in [-0.3, -0.25) is 4.90 Å². The van der Waals surface area contributed by atoms with Gasteiger partial charge in [-0.25, -0.2) is 4.98 Å². The Hall–Kier alpha value is -0.530. The van der Waals surface area contributed by atoms with Gasteiger partial charge in [-0.15, -0.1) is 11.3 Å². The van der Waals surface area contributed by atoms with Crippen molar-refractivity contribution in [3.8, 4) is 0 Å². The lowest BCUT2D eigenvalue weighted by molar-refractivity contribution is -0.0913. The van der Waals surface area contributed by atoms with Crippen molar-refractivity contribution in [3.63, 3.8) is 0 Å². The van der Waals surface area contributed by atoms with Gasteiger partial charge < -0.3 is 14.4 Å². The van der Waals surface area contributed by atoms with Crippen molar-refractivity contribution >= 4 is 11.3 Å². The van der Waals surface area contributed by atoms with E-state index >= 15 is 0 Å². The predicted molar refractivity (Wildman–Crippen MR) is 90.7 cm³/mol. The molecule has 1 aromatic rings. The lowest BCUT2D eigenvalue weighted by atomic mass is 10.00. The molecule has 3 fully saturated rings. The van der Waals surface area contributed by atoms with E-state index in [1.165, 1.54) is 37.4 Å². The molecule has 0 radical (unpaired) electrons. The van der Waals surface area contributed by atoms with Crippen LogP contribution in [0.25, 0.3) is 0 Å². The Morgan fingerprint density at radius 2 is 2.17 bits per heavy atom. The standard InChI is InChI=1S/C17H27N3O2S/c1-2-7-19(6-1)11-15-3-4-17(22-15)13-20(8-9-21-14-17)12-16-18-5-10-23-16/h5,10,15H,1-4,6-9,11-14H2/t15-,17+/m1/s1. The van der Waals surface area contributed by atoms with Gasteiger partial charge in [-0.05, 0) is 38.8 Å². The molecule has 5 nitrogen and oxygen atoms in total. The number of thiazole rings is 1. The normalized spacial score (nSPS) is 33.5. The second-order valence-corrected chi connectivity index (χ2v) is 8.14. The van der Waals surface area contributed by atoms with E-state index < -0.39 is 0 Å². The van der Waals surface area contributed by atoms with Crippen LogP contribution in [-0.2, 0) is 16.0 Å². The SMILES string of the molecule is c1csc(CN2CCOC[C@]3(CC[C@H](CN4CCCC4)O3)C2)n1. The molecule has 0 unspecified atom stereocenters. The van der Waals surface area contributed by atoms with Crippen LogP contribution in [0, 0.1) is 0 Å². The second kappa shape index (κ2) is 7.15. The minimum atomic E-state index is -0.0991. The molecule has 0 N–H and O–H groups in total. The molecule has 4 rings (SSSR count). The van der Waals surface area contributed by atoms with E-state index in [0.29, 0.717) is 6.10 Å². The number of nitrogens with zero attached hydrogens (tertiary/aromatic N) is 3. The summed E-state index contributed by atoms with van der Waals surface area (Å²) in [7, 11) is 0. The Morgan fingerprint density at radius 3 is 3.00 bits per heavy atom. The molecule has 0 aliphatic carbocycles. The molecule has 0 bridgehead atoms. The molecule has 1 spiro atoms. The smallest absolute Gasteiger partial charge is 0.107 e. The van der Waals surface area contributed by atoms with Crippen molar-refractivity contribution in [3.05, 3.63) is 16.6 Å². The quantitative estimate of drug-likeness (QED) is 0.840. The zero-order chi connectivity index (χ0) is 15.5. The van der Waals surface area contributed by atoms with E-state index in [1.807, 2.05) is 6.20 Å². The van der Waals surface area contributed by atoms with Crippen LogP contribution in [0.4, 0.5) is 0 Å². The molecule has 2 atom stereocenters. The molecule has 4 heterocycles. The Kier molecular flexibility index (Phi) is 4.96. The van der Waals surface area contributed by atoms with Gasteiger partial charge >= 0.3 is 0 Å². The Bertz CT molecular complexity index is 492. The lowest BCUT2D eigenvalue weighted by Gasteiger charge is -2.32. The molecule has 1 aromatic heterocycles. The van der Waals surface area contributed by atoms with Crippen molar-refractivity contribution in [2.75, 3.05) is 45.9 Å². The largest absolute Gasteiger partial charge is 0.377 e. The van der Waals surface area contributed by atoms with Crippen LogP contribution in [0.2, 0.25) is 0 Å². The summed E-state index contributed by atoms with van der Waals surface area (Å²) in [6, 6.07) is 0. The number of ether oxygens (including phenoxy) is 2. The van der Waals surface area contributed by atoms with E-state index in [-0.39, 0.29) is 5.60 Å². The monoisotopic (exact) mass is 337 g/mol. The van der Waals surface area contributed by atoms with E-state index in [1.54, 1.807) is 11.3 Å². The zero-order valence-electron chi connectivity index (χ0n) is 13.8. The topological polar surface area (TPSA) is 37.8 Å². The highest BCUT2D eigenvalue weighted by Crippen LogP contribution is 2.34. The molecule has 0 saturated carbocycles. The van der Waals surface area contributed by atoms with Gasteiger partial charge in [0.2, 0.25) is 0 Å². The first-order chi connectivity index (χ1) is 11.3. The van der Waals surface area contributed by atoms with E-state index in [2.05, 4.69) is 20.2 Å². The third kappa shape index (κ3) is 3.94. The summed E-state index contributed by atoms with van der Waals surface area (Å²) in [5.41, 5.74) is -0.0991. The first kappa shape index (κ1) is 16.0. The summed E-state index contributed by atoms with van der Waals surface area (Å²) in [5, 5.41) is 3.24. The fraction of sp³-hybridized carbons (Fsp3) is 0.824. The number of rotatable bonds is 4. The van der Waals surface area contributed by atoms with Crippen LogP contribution in [-0.4, -0.2) is 72.4 Å². The Labute approximate surface area is 142 Å². The van der Waals surface area contributed by atoms with Crippen LogP contribution < -0.4 is 0 Å². The van der Waals surface area contributed by atoms with Gasteiger partial charge in [0.15, 0.2) is 0 Å².